The van der Waals surface area contributed by atoms with Crippen molar-refractivity contribution in [2.24, 2.45) is 5.92 Å². The molecule has 1 fully saturated rings. The van der Waals surface area contributed by atoms with Gasteiger partial charge in [0.2, 0.25) is 5.88 Å². The van der Waals surface area contributed by atoms with E-state index in [1.165, 1.54) is 12.8 Å². The first-order valence-corrected chi connectivity index (χ1v) is 5.69. The van der Waals surface area contributed by atoms with E-state index in [0.717, 1.165) is 29.4 Å². The van der Waals surface area contributed by atoms with Gasteiger partial charge in [-0.15, -0.1) is 12.6 Å². The Kier molecular flexibility index (Phi) is 3.31. The average molecular weight is 221 g/mol. The van der Waals surface area contributed by atoms with Crippen molar-refractivity contribution in [1.82, 2.24) is 4.98 Å². The first-order valence-electron chi connectivity index (χ1n) is 5.24. The summed E-state index contributed by atoms with van der Waals surface area (Å²) in [6, 6.07) is 1.88. The van der Waals surface area contributed by atoms with E-state index in [4.69, 9.17) is 4.74 Å². The van der Waals surface area contributed by atoms with E-state index in [1.54, 1.807) is 12.3 Å². The summed E-state index contributed by atoms with van der Waals surface area (Å²) in [4.78, 5) is 4.94. The van der Waals surface area contributed by atoms with E-state index in [1.807, 2.05) is 6.07 Å². The van der Waals surface area contributed by atoms with Gasteiger partial charge >= 0.3 is 0 Å². The molecule has 0 N–H and O–H groups in total. The molecule has 1 aliphatic carbocycles. The molecule has 0 unspecified atom stereocenters. The van der Waals surface area contributed by atoms with Crippen LogP contribution in [0.3, 0.4) is 0 Å². The van der Waals surface area contributed by atoms with Gasteiger partial charge in [-0.05, 0) is 24.0 Å². The summed E-state index contributed by atoms with van der Waals surface area (Å²) in [5.74, 6) is 1.51. The summed E-state index contributed by atoms with van der Waals surface area (Å²) in [6.07, 6.45) is 7.34. The Morgan fingerprint density at radius 3 is 3.07 bits per heavy atom. The second-order valence-corrected chi connectivity index (χ2v) is 4.29. The Labute approximate surface area is 95.8 Å². The van der Waals surface area contributed by atoms with Gasteiger partial charge in [0.05, 0.1) is 11.5 Å². The molecule has 1 aliphatic rings. The Bertz CT molecular complexity index is 361. The lowest BCUT2D eigenvalue weighted by Gasteiger charge is -2.08. The van der Waals surface area contributed by atoms with Gasteiger partial charge in [-0.2, -0.15) is 0 Å². The van der Waals surface area contributed by atoms with Gasteiger partial charge in [-0.1, -0.05) is 25.5 Å². The molecule has 0 spiro atoms. The molecule has 1 heterocycles. The Balaban J connectivity index is 1.96. The minimum Gasteiger partial charge on any atom is -0.477 e. The van der Waals surface area contributed by atoms with Crippen molar-refractivity contribution in [3.8, 4) is 5.88 Å². The number of ether oxygens (including phenoxy) is 1. The lowest BCUT2D eigenvalue weighted by atomic mass is 10.2. The van der Waals surface area contributed by atoms with Crippen molar-refractivity contribution >= 4 is 18.7 Å². The second kappa shape index (κ2) is 4.71. The molecule has 0 saturated heterocycles. The average Bonchev–Trinajstić information content (AvgIpc) is 3.04. The van der Waals surface area contributed by atoms with Crippen molar-refractivity contribution < 1.29 is 4.74 Å². The van der Waals surface area contributed by atoms with Crippen molar-refractivity contribution in [3.05, 3.63) is 24.4 Å². The van der Waals surface area contributed by atoms with Crippen LogP contribution in [0.4, 0.5) is 0 Å². The van der Waals surface area contributed by atoms with Crippen LogP contribution in [0.15, 0.2) is 23.7 Å². The molecule has 2 nitrogen and oxygen atoms in total. The van der Waals surface area contributed by atoms with Gasteiger partial charge in [0, 0.05) is 6.20 Å². The van der Waals surface area contributed by atoms with Crippen LogP contribution in [0.1, 0.15) is 24.8 Å². The number of thiol groups is 1. The molecule has 0 amide bonds. The summed E-state index contributed by atoms with van der Waals surface area (Å²) >= 11 is 4.37. The molecule has 0 aromatic carbocycles. The van der Waals surface area contributed by atoms with Crippen LogP contribution in [0.5, 0.6) is 5.88 Å². The van der Waals surface area contributed by atoms with Crippen LogP contribution >= 0.6 is 12.6 Å². The first kappa shape index (κ1) is 10.6. The molecule has 1 aromatic rings. The molecule has 0 aliphatic heterocycles. The largest absolute Gasteiger partial charge is 0.477 e. The lowest BCUT2D eigenvalue weighted by molar-refractivity contribution is 0.284. The summed E-state index contributed by atoms with van der Waals surface area (Å²) in [5.41, 5.74) is 0.967. The van der Waals surface area contributed by atoms with Crippen molar-refractivity contribution in [2.75, 3.05) is 6.61 Å². The maximum Gasteiger partial charge on any atom is 0.227 e. The lowest BCUT2D eigenvalue weighted by Crippen LogP contribution is -2.01. The fourth-order valence-corrected chi connectivity index (χ4v) is 1.74. The molecular weight excluding hydrogens is 206 g/mol. The van der Waals surface area contributed by atoms with Gasteiger partial charge in [-0.25, -0.2) is 4.98 Å². The zero-order valence-corrected chi connectivity index (χ0v) is 9.54. The van der Waals surface area contributed by atoms with E-state index in [-0.39, 0.29) is 0 Å². The molecule has 2 rings (SSSR count). The molecule has 15 heavy (non-hydrogen) atoms. The van der Waals surface area contributed by atoms with E-state index < -0.39 is 0 Å². The fraction of sp³-hybridized carbons (Fsp3) is 0.417. The number of nitrogens with zero attached hydrogens (tertiary/aromatic N) is 1. The maximum atomic E-state index is 5.59. The Hall–Kier alpha value is -0.960. The highest BCUT2D eigenvalue weighted by Gasteiger charge is 2.20. The molecule has 0 radical (unpaired) electrons. The highest BCUT2D eigenvalue weighted by atomic mass is 32.1. The summed E-state index contributed by atoms with van der Waals surface area (Å²) < 4.78 is 5.59. The predicted molar refractivity (Wildman–Crippen MR) is 64.4 cm³/mol. The van der Waals surface area contributed by atoms with Crippen molar-refractivity contribution in [3.63, 3.8) is 0 Å². The SMILES string of the molecule is C=Cc1ccnc(OCCC2CC2)c1S. The summed E-state index contributed by atoms with van der Waals surface area (Å²) in [5, 5.41) is 0. The van der Waals surface area contributed by atoms with Crippen LogP contribution in [-0.4, -0.2) is 11.6 Å². The topological polar surface area (TPSA) is 22.1 Å². The van der Waals surface area contributed by atoms with E-state index in [0.29, 0.717) is 5.88 Å². The van der Waals surface area contributed by atoms with Crippen molar-refractivity contribution in [1.29, 1.82) is 0 Å². The smallest absolute Gasteiger partial charge is 0.227 e. The predicted octanol–water partition coefficient (Wildman–Crippen LogP) is 3.19. The zero-order valence-electron chi connectivity index (χ0n) is 8.65. The molecule has 3 heteroatoms. The normalized spacial score (nSPS) is 15.0. The van der Waals surface area contributed by atoms with Gasteiger partial charge in [0.1, 0.15) is 0 Å². The second-order valence-electron chi connectivity index (χ2n) is 3.84. The Morgan fingerprint density at radius 1 is 1.60 bits per heavy atom. The highest BCUT2D eigenvalue weighted by Crippen LogP contribution is 2.32. The van der Waals surface area contributed by atoms with Crippen LogP contribution in [0.25, 0.3) is 6.08 Å². The minimum absolute atomic E-state index is 0.622. The minimum atomic E-state index is 0.622. The highest BCUT2D eigenvalue weighted by molar-refractivity contribution is 7.80. The number of pyridine rings is 1. The molecule has 1 saturated carbocycles. The molecule has 0 atom stereocenters. The third-order valence-electron chi connectivity index (χ3n) is 2.60. The number of rotatable bonds is 5. The number of hydrogen-bond acceptors (Lipinski definition) is 3. The first-order chi connectivity index (χ1) is 7.31. The molecule has 1 aromatic heterocycles. The van der Waals surface area contributed by atoms with Crippen LogP contribution in [0, 0.1) is 5.92 Å². The van der Waals surface area contributed by atoms with Gasteiger partial charge in [0.25, 0.3) is 0 Å². The van der Waals surface area contributed by atoms with Gasteiger partial charge < -0.3 is 4.74 Å². The molecule has 80 valence electrons. The van der Waals surface area contributed by atoms with Crippen LogP contribution in [0.2, 0.25) is 0 Å². The Morgan fingerprint density at radius 2 is 2.40 bits per heavy atom. The number of aromatic nitrogens is 1. The third-order valence-corrected chi connectivity index (χ3v) is 3.05. The molecular formula is C12H15NOS. The zero-order chi connectivity index (χ0) is 10.7. The maximum absolute atomic E-state index is 5.59. The van der Waals surface area contributed by atoms with Gasteiger partial charge in [0.15, 0.2) is 0 Å². The van der Waals surface area contributed by atoms with E-state index in [2.05, 4.69) is 24.2 Å². The van der Waals surface area contributed by atoms with E-state index in [9.17, 15) is 0 Å². The van der Waals surface area contributed by atoms with Crippen LogP contribution in [-0.2, 0) is 0 Å². The quantitative estimate of drug-likeness (QED) is 0.771. The summed E-state index contributed by atoms with van der Waals surface area (Å²) in [7, 11) is 0. The fourth-order valence-electron chi connectivity index (χ4n) is 1.45. The summed E-state index contributed by atoms with van der Waals surface area (Å²) in [6.45, 7) is 4.46. The molecule has 0 bridgehead atoms. The van der Waals surface area contributed by atoms with Crippen molar-refractivity contribution in [2.45, 2.75) is 24.2 Å². The standard InChI is InChI=1S/C12H15NOS/c1-2-10-5-7-13-12(11(10)15)14-8-6-9-3-4-9/h2,5,7,9,15H,1,3-4,6,8H2. The van der Waals surface area contributed by atoms with Crippen LogP contribution < -0.4 is 4.74 Å². The number of hydrogen-bond donors (Lipinski definition) is 1. The monoisotopic (exact) mass is 221 g/mol. The third kappa shape index (κ3) is 2.75. The van der Waals surface area contributed by atoms with E-state index >= 15 is 0 Å². The van der Waals surface area contributed by atoms with Gasteiger partial charge in [-0.3, -0.25) is 0 Å².